The Morgan fingerprint density at radius 2 is 2.17 bits per heavy atom. The molecule has 1 aliphatic carbocycles. The smallest absolute Gasteiger partial charge is 0.257 e. The molecule has 1 heterocycles. The van der Waals surface area contributed by atoms with Gasteiger partial charge in [-0.2, -0.15) is 0 Å². The highest BCUT2D eigenvalue weighted by Gasteiger charge is 2.23. The van der Waals surface area contributed by atoms with E-state index in [1.54, 1.807) is 6.20 Å². The highest BCUT2D eigenvalue weighted by molar-refractivity contribution is 5.99. The van der Waals surface area contributed by atoms with E-state index in [1.165, 1.54) is 4.57 Å². The highest BCUT2D eigenvalue weighted by atomic mass is 16.1. The van der Waals surface area contributed by atoms with Crippen LogP contribution >= 0.6 is 0 Å². The third kappa shape index (κ3) is 2.08. The van der Waals surface area contributed by atoms with Crippen LogP contribution in [0.25, 0.3) is 4.85 Å². The first kappa shape index (κ1) is 12.6. The van der Waals surface area contributed by atoms with Crippen molar-refractivity contribution in [1.82, 2.24) is 4.57 Å². The first-order chi connectivity index (χ1) is 8.69. The van der Waals surface area contributed by atoms with Crippen molar-refractivity contribution in [3.05, 3.63) is 39.1 Å². The topological polar surface area (TPSA) is 43.4 Å². The molecule has 0 radical (unpaired) electrons. The van der Waals surface area contributed by atoms with Gasteiger partial charge in [0.05, 0.1) is 6.57 Å². The lowest BCUT2D eigenvalue weighted by atomic mass is 9.91. The number of nitrogens with zero attached hydrogens (tertiary/aromatic N) is 2. The molecule has 18 heavy (non-hydrogen) atoms. The number of pyridine rings is 1. The van der Waals surface area contributed by atoms with E-state index in [9.17, 15) is 9.59 Å². The molecule has 0 aromatic carbocycles. The van der Waals surface area contributed by atoms with E-state index in [-0.39, 0.29) is 17.0 Å². The molecule has 0 atom stereocenters. The van der Waals surface area contributed by atoms with Gasteiger partial charge in [-0.3, -0.25) is 9.59 Å². The monoisotopic (exact) mass is 244 g/mol. The maximum absolute atomic E-state index is 12.1. The second-order valence-corrected chi connectivity index (χ2v) is 4.61. The fourth-order valence-electron chi connectivity index (χ4n) is 2.35. The first-order valence-electron chi connectivity index (χ1n) is 6.36. The number of Topliss-reactive ketones (excluding diaryl/α,β-unsaturated/α-hetero) is 1. The predicted octanol–water partition coefficient (Wildman–Crippen LogP) is 2.72. The van der Waals surface area contributed by atoms with Crippen LogP contribution in [-0.4, -0.2) is 10.4 Å². The molecule has 1 aromatic rings. The van der Waals surface area contributed by atoms with Crippen LogP contribution in [-0.2, 0) is 13.0 Å². The van der Waals surface area contributed by atoms with Crippen molar-refractivity contribution in [3.63, 3.8) is 0 Å². The Morgan fingerprint density at radius 3 is 2.83 bits per heavy atom. The largest absolute Gasteiger partial charge is 0.324 e. The summed E-state index contributed by atoms with van der Waals surface area (Å²) in [5.74, 6) is 0.0615. The number of unbranched alkanes of at least 4 members (excludes halogenated alkanes) is 1. The number of aromatic nitrogens is 1. The van der Waals surface area contributed by atoms with Crippen LogP contribution in [0, 0.1) is 6.57 Å². The lowest BCUT2D eigenvalue weighted by molar-refractivity contribution is 0.0971. The molecular weight excluding hydrogens is 228 g/mol. The number of rotatable bonds is 3. The Balaban J connectivity index is 2.59. The van der Waals surface area contributed by atoms with Crippen molar-refractivity contribution < 1.29 is 4.79 Å². The van der Waals surface area contributed by atoms with Crippen LogP contribution in [0.2, 0.25) is 0 Å². The van der Waals surface area contributed by atoms with Gasteiger partial charge < -0.3 is 4.57 Å². The van der Waals surface area contributed by atoms with Gasteiger partial charge in [0.25, 0.3) is 11.2 Å². The molecule has 1 aliphatic rings. The summed E-state index contributed by atoms with van der Waals surface area (Å²) in [4.78, 5) is 27.3. The number of hydrogen-bond donors (Lipinski definition) is 0. The summed E-state index contributed by atoms with van der Waals surface area (Å²) in [5, 5.41) is 0. The SMILES string of the molecule is [C-]#[N+]c1c2c(cn(CCCC)c1=O)C(=O)CCC2. The summed E-state index contributed by atoms with van der Waals surface area (Å²) >= 11 is 0. The van der Waals surface area contributed by atoms with Gasteiger partial charge in [-0.05, 0) is 24.8 Å². The van der Waals surface area contributed by atoms with Crippen LogP contribution in [0.5, 0.6) is 0 Å². The lowest BCUT2D eigenvalue weighted by Crippen LogP contribution is -2.25. The summed E-state index contributed by atoms with van der Waals surface area (Å²) in [7, 11) is 0. The number of aryl methyl sites for hydroxylation is 1. The summed E-state index contributed by atoms with van der Waals surface area (Å²) in [6, 6.07) is 0. The summed E-state index contributed by atoms with van der Waals surface area (Å²) in [5.41, 5.74) is 1.16. The number of carbonyl (C=O) groups excluding carboxylic acids is 1. The number of fused-ring (bicyclic) bond motifs is 1. The molecule has 2 rings (SSSR count). The molecule has 4 nitrogen and oxygen atoms in total. The third-order valence-electron chi connectivity index (χ3n) is 3.35. The molecule has 1 aromatic heterocycles. The van der Waals surface area contributed by atoms with E-state index in [2.05, 4.69) is 4.85 Å². The van der Waals surface area contributed by atoms with E-state index in [0.29, 0.717) is 30.5 Å². The van der Waals surface area contributed by atoms with Gasteiger partial charge in [-0.15, -0.1) is 0 Å². The molecule has 0 amide bonds. The standard InChI is InChI=1S/C14H16N2O2/c1-3-4-8-16-9-11-10(6-5-7-12(11)17)13(15-2)14(16)18/h9H,3-8H2,1H3. The van der Waals surface area contributed by atoms with Gasteiger partial charge >= 0.3 is 0 Å². The number of carbonyl (C=O) groups is 1. The minimum absolute atomic E-state index is 0.0615. The van der Waals surface area contributed by atoms with Crippen molar-refractivity contribution in [1.29, 1.82) is 0 Å². The average molecular weight is 244 g/mol. The van der Waals surface area contributed by atoms with Crippen LogP contribution in [0.15, 0.2) is 11.0 Å². The van der Waals surface area contributed by atoms with E-state index in [1.807, 2.05) is 6.92 Å². The van der Waals surface area contributed by atoms with Gasteiger partial charge in [-0.25, -0.2) is 4.85 Å². The van der Waals surface area contributed by atoms with Crippen molar-refractivity contribution in [2.24, 2.45) is 0 Å². The molecule has 0 spiro atoms. The van der Waals surface area contributed by atoms with Gasteiger partial charge in [0.2, 0.25) is 0 Å². The molecule has 0 unspecified atom stereocenters. The van der Waals surface area contributed by atoms with E-state index in [4.69, 9.17) is 6.57 Å². The number of hydrogen-bond acceptors (Lipinski definition) is 2. The zero-order chi connectivity index (χ0) is 13.1. The van der Waals surface area contributed by atoms with Crippen molar-refractivity contribution in [2.75, 3.05) is 0 Å². The fraction of sp³-hybridized carbons (Fsp3) is 0.500. The molecular formula is C14H16N2O2. The predicted molar refractivity (Wildman–Crippen MR) is 69.1 cm³/mol. The maximum atomic E-state index is 12.1. The molecule has 94 valence electrons. The zero-order valence-electron chi connectivity index (χ0n) is 10.5. The Bertz CT molecular complexity index is 579. The summed E-state index contributed by atoms with van der Waals surface area (Å²) < 4.78 is 1.53. The van der Waals surface area contributed by atoms with E-state index in [0.717, 1.165) is 19.3 Å². The Labute approximate surface area is 106 Å². The number of ketones is 1. The second kappa shape index (κ2) is 5.18. The zero-order valence-corrected chi connectivity index (χ0v) is 10.5. The van der Waals surface area contributed by atoms with Gasteiger partial charge in [0.15, 0.2) is 5.78 Å². The molecule has 0 bridgehead atoms. The first-order valence-corrected chi connectivity index (χ1v) is 6.36. The average Bonchev–Trinajstić information content (AvgIpc) is 2.37. The summed E-state index contributed by atoms with van der Waals surface area (Å²) in [6.07, 6.45) is 5.45. The van der Waals surface area contributed by atoms with Crippen molar-refractivity contribution in [2.45, 2.75) is 45.6 Å². The van der Waals surface area contributed by atoms with Crippen molar-refractivity contribution >= 4 is 11.5 Å². The minimum Gasteiger partial charge on any atom is -0.324 e. The Kier molecular flexibility index (Phi) is 3.61. The quantitative estimate of drug-likeness (QED) is 0.767. The van der Waals surface area contributed by atoms with Gasteiger partial charge in [0, 0.05) is 24.7 Å². The molecule has 0 saturated carbocycles. The molecule has 0 fully saturated rings. The van der Waals surface area contributed by atoms with Crippen LogP contribution in [0.1, 0.15) is 48.5 Å². The normalized spacial score (nSPS) is 14.1. The molecule has 4 heteroatoms. The highest BCUT2D eigenvalue weighted by Crippen LogP contribution is 2.27. The van der Waals surface area contributed by atoms with Gasteiger partial charge in [0.1, 0.15) is 0 Å². The van der Waals surface area contributed by atoms with E-state index < -0.39 is 0 Å². The summed E-state index contributed by atoms with van der Waals surface area (Å²) in [6.45, 7) is 9.79. The molecule has 0 saturated heterocycles. The van der Waals surface area contributed by atoms with Crippen LogP contribution < -0.4 is 5.56 Å². The van der Waals surface area contributed by atoms with Gasteiger partial charge in [-0.1, -0.05) is 13.3 Å². The Hall–Kier alpha value is -1.89. The maximum Gasteiger partial charge on any atom is 0.257 e. The fourth-order valence-corrected chi connectivity index (χ4v) is 2.35. The molecule has 0 N–H and O–H groups in total. The third-order valence-corrected chi connectivity index (χ3v) is 3.35. The second-order valence-electron chi connectivity index (χ2n) is 4.61. The van der Waals surface area contributed by atoms with Crippen LogP contribution in [0.4, 0.5) is 5.69 Å². The molecule has 0 aliphatic heterocycles. The Morgan fingerprint density at radius 1 is 1.39 bits per heavy atom. The van der Waals surface area contributed by atoms with Crippen LogP contribution in [0.3, 0.4) is 0 Å². The van der Waals surface area contributed by atoms with E-state index >= 15 is 0 Å². The van der Waals surface area contributed by atoms with Crippen molar-refractivity contribution in [3.8, 4) is 0 Å². The minimum atomic E-state index is -0.244. The lowest BCUT2D eigenvalue weighted by Gasteiger charge is -2.18.